The number of rotatable bonds is 7. The fraction of sp³-hybridized carbons (Fsp3) is 0.278. The predicted molar refractivity (Wildman–Crippen MR) is 91.3 cm³/mol. The first-order chi connectivity index (χ1) is 11.2. The molecule has 0 aliphatic heterocycles. The lowest BCUT2D eigenvalue weighted by Crippen LogP contribution is -2.29. The molecule has 2 aromatic carbocycles. The minimum Gasteiger partial charge on any atom is -0.497 e. The third-order valence-electron chi connectivity index (χ3n) is 3.43. The quantitative estimate of drug-likeness (QED) is 0.770. The zero-order valence-electron chi connectivity index (χ0n) is 13.5. The van der Waals surface area contributed by atoms with E-state index in [-0.39, 0.29) is 6.03 Å². The predicted octanol–water partition coefficient (Wildman–Crippen LogP) is 3.46. The average Bonchev–Trinajstić information content (AvgIpc) is 2.59. The molecule has 0 saturated carbocycles. The number of nitrogens with one attached hydrogen (secondary N) is 2. The highest BCUT2D eigenvalue weighted by atomic mass is 16.5. The first-order valence-electron chi connectivity index (χ1n) is 7.53. The number of aryl methyl sites for hydroxylation is 1. The van der Waals surface area contributed by atoms with Crippen molar-refractivity contribution in [2.24, 2.45) is 0 Å². The van der Waals surface area contributed by atoms with Gasteiger partial charge in [-0.15, -0.1) is 0 Å². The van der Waals surface area contributed by atoms with Crippen LogP contribution in [-0.2, 0) is 6.42 Å². The van der Waals surface area contributed by atoms with Crippen LogP contribution in [0.25, 0.3) is 0 Å². The van der Waals surface area contributed by atoms with Crippen molar-refractivity contribution in [1.29, 1.82) is 0 Å². The van der Waals surface area contributed by atoms with Crippen molar-refractivity contribution in [3.63, 3.8) is 0 Å². The van der Waals surface area contributed by atoms with Crippen molar-refractivity contribution < 1.29 is 14.3 Å². The molecule has 0 saturated heterocycles. The van der Waals surface area contributed by atoms with Crippen LogP contribution in [0, 0.1) is 0 Å². The van der Waals surface area contributed by atoms with Gasteiger partial charge in [0.1, 0.15) is 11.5 Å². The Hall–Kier alpha value is -2.69. The zero-order chi connectivity index (χ0) is 16.5. The maximum absolute atomic E-state index is 12.0. The average molecular weight is 314 g/mol. The van der Waals surface area contributed by atoms with E-state index in [1.165, 1.54) is 5.56 Å². The van der Waals surface area contributed by atoms with Crippen LogP contribution in [0.1, 0.15) is 12.0 Å². The van der Waals surface area contributed by atoms with Crippen molar-refractivity contribution in [1.82, 2.24) is 5.32 Å². The van der Waals surface area contributed by atoms with E-state index in [0.29, 0.717) is 23.7 Å². The second-order valence-electron chi connectivity index (χ2n) is 5.04. The fourth-order valence-electron chi connectivity index (χ4n) is 2.22. The highest BCUT2D eigenvalue weighted by Gasteiger charge is 2.08. The lowest BCUT2D eigenvalue weighted by molar-refractivity contribution is 0.252. The Morgan fingerprint density at radius 3 is 2.52 bits per heavy atom. The SMILES string of the molecule is COc1ccc(OC)c(NC(=O)NCCCc2ccccc2)c1. The Balaban J connectivity index is 1.80. The number of ether oxygens (including phenoxy) is 2. The molecule has 122 valence electrons. The third-order valence-corrected chi connectivity index (χ3v) is 3.43. The number of benzene rings is 2. The van der Waals surface area contributed by atoms with Crippen molar-refractivity contribution in [2.75, 3.05) is 26.1 Å². The van der Waals surface area contributed by atoms with E-state index in [1.54, 1.807) is 32.4 Å². The molecule has 5 nitrogen and oxygen atoms in total. The molecule has 0 fully saturated rings. The number of urea groups is 1. The normalized spacial score (nSPS) is 10.0. The first kappa shape index (κ1) is 16.7. The summed E-state index contributed by atoms with van der Waals surface area (Å²) in [4.78, 5) is 12.0. The molecule has 0 aliphatic carbocycles. The summed E-state index contributed by atoms with van der Waals surface area (Å²) >= 11 is 0. The van der Waals surface area contributed by atoms with E-state index in [2.05, 4.69) is 22.8 Å². The Morgan fingerprint density at radius 1 is 1.04 bits per heavy atom. The molecule has 0 spiro atoms. The molecule has 5 heteroatoms. The first-order valence-corrected chi connectivity index (χ1v) is 7.53. The van der Waals surface area contributed by atoms with Crippen molar-refractivity contribution in [2.45, 2.75) is 12.8 Å². The second kappa shape index (κ2) is 8.68. The molecule has 2 amide bonds. The third kappa shape index (κ3) is 5.21. The molecule has 2 aromatic rings. The molecule has 0 radical (unpaired) electrons. The summed E-state index contributed by atoms with van der Waals surface area (Å²) in [7, 11) is 3.14. The standard InChI is InChI=1S/C18H22N2O3/c1-22-15-10-11-17(23-2)16(13-15)20-18(21)19-12-6-9-14-7-4-3-5-8-14/h3-5,7-8,10-11,13H,6,9,12H2,1-2H3,(H2,19,20,21). The van der Waals surface area contributed by atoms with Crippen LogP contribution in [0.5, 0.6) is 11.5 Å². The van der Waals surface area contributed by atoms with E-state index in [4.69, 9.17) is 9.47 Å². The van der Waals surface area contributed by atoms with Gasteiger partial charge in [-0.25, -0.2) is 4.79 Å². The molecular formula is C18H22N2O3. The van der Waals surface area contributed by atoms with Crippen LogP contribution >= 0.6 is 0 Å². The van der Waals surface area contributed by atoms with Crippen LogP contribution in [0.15, 0.2) is 48.5 Å². The maximum Gasteiger partial charge on any atom is 0.319 e. The van der Waals surface area contributed by atoms with Gasteiger partial charge in [-0.05, 0) is 30.5 Å². The zero-order valence-corrected chi connectivity index (χ0v) is 13.5. The molecule has 23 heavy (non-hydrogen) atoms. The summed E-state index contributed by atoms with van der Waals surface area (Å²) in [5.41, 5.74) is 1.84. The number of carbonyl (C=O) groups excluding carboxylic acids is 1. The Labute approximate surface area is 136 Å². The Bertz CT molecular complexity index is 629. The summed E-state index contributed by atoms with van der Waals surface area (Å²) < 4.78 is 10.4. The lowest BCUT2D eigenvalue weighted by Gasteiger charge is -2.12. The summed E-state index contributed by atoms with van der Waals surface area (Å²) in [5, 5.41) is 5.62. The number of hydrogen-bond donors (Lipinski definition) is 2. The molecule has 2 N–H and O–H groups in total. The van der Waals surface area contributed by atoms with Crippen LogP contribution in [0.3, 0.4) is 0 Å². The topological polar surface area (TPSA) is 59.6 Å². The molecule has 0 unspecified atom stereocenters. The van der Waals surface area contributed by atoms with Crippen LogP contribution in [-0.4, -0.2) is 26.8 Å². The monoisotopic (exact) mass is 314 g/mol. The van der Waals surface area contributed by atoms with Gasteiger partial charge < -0.3 is 20.1 Å². The van der Waals surface area contributed by atoms with Crippen molar-refractivity contribution in [3.8, 4) is 11.5 Å². The van der Waals surface area contributed by atoms with E-state index >= 15 is 0 Å². The summed E-state index contributed by atoms with van der Waals surface area (Å²) in [6, 6.07) is 15.2. The molecular weight excluding hydrogens is 292 g/mol. The van der Waals surface area contributed by atoms with E-state index in [1.807, 2.05) is 18.2 Å². The number of hydrogen-bond acceptors (Lipinski definition) is 3. The molecule has 0 bridgehead atoms. The minimum absolute atomic E-state index is 0.260. The smallest absolute Gasteiger partial charge is 0.319 e. The van der Waals surface area contributed by atoms with Gasteiger partial charge in [0.25, 0.3) is 0 Å². The number of carbonyl (C=O) groups is 1. The van der Waals surface area contributed by atoms with Gasteiger partial charge in [-0.1, -0.05) is 30.3 Å². The van der Waals surface area contributed by atoms with Crippen LogP contribution < -0.4 is 20.1 Å². The maximum atomic E-state index is 12.0. The van der Waals surface area contributed by atoms with Gasteiger partial charge in [-0.3, -0.25) is 0 Å². The van der Waals surface area contributed by atoms with E-state index < -0.39 is 0 Å². The lowest BCUT2D eigenvalue weighted by atomic mass is 10.1. The number of methoxy groups -OCH3 is 2. The van der Waals surface area contributed by atoms with E-state index in [9.17, 15) is 4.79 Å². The van der Waals surface area contributed by atoms with Gasteiger partial charge in [0, 0.05) is 12.6 Å². The van der Waals surface area contributed by atoms with Crippen LogP contribution in [0.4, 0.5) is 10.5 Å². The van der Waals surface area contributed by atoms with Crippen LogP contribution in [0.2, 0.25) is 0 Å². The van der Waals surface area contributed by atoms with Gasteiger partial charge in [-0.2, -0.15) is 0 Å². The molecule has 0 atom stereocenters. The minimum atomic E-state index is -0.260. The largest absolute Gasteiger partial charge is 0.497 e. The number of amides is 2. The van der Waals surface area contributed by atoms with Crippen molar-refractivity contribution >= 4 is 11.7 Å². The highest BCUT2D eigenvalue weighted by Crippen LogP contribution is 2.28. The highest BCUT2D eigenvalue weighted by molar-refractivity contribution is 5.91. The molecule has 0 aromatic heterocycles. The second-order valence-corrected chi connectivity index (χ2v) is 5.04. The number of anilines is 1. The Morgan fingerprint density at radius 2 is 1.83 bits per heavy atom. The summed E-state index contributed by atoms with van der Waals surface area (Å²) in [6.45, 7) is 0.604. The summed E-state index contributed by atoms with van der Waals surface area (Å²) in [5.74, 6) is 1.25. The van der Waals surface area contributed by atoms with Crippen molar-refractivity contribution in [3.05, 3.63) is 54.1 Å². The Kier molecular flexibility index (Phi) is 6.29. The summed E-state index contributed by atoms with van der Waals surface area (Å²) in [6.07, 6.45) is 1.82. The van der Waals surface area contributed by atoms with Gasteiger partial charge in [0.05, 0.1) is 19.9 Å². The van der Waals surface area contributed by atoms with E-state index in [0.717, 1.165) is 12.8 Å². The van der Waals surface area contributed by atoms with Gasteiger partial charge >= 0.3 is 6.03 Å². The molecule has 0 aliphatic rings. The fourth-order valence-corrected chi connectivity index (χ4v) is 2.22. The molecule has 0 heterocycles. The van der Waals surface area contributed by atoms with Gasteiger partial charge in [0.15, 0.2) is 0 Å². The van der Waals surface area contributed by atoms with Gasteiger partial charge in [0.2, 0.25) is 0 Å². The molecule has 2 rings (SSSR count).